The molecule has 0 spiro atoms. The van der Waals surface area contributed by atoms with Crippen molar-refractivity contribution in [2.45, 2.75) is 63.3 Å². The summed E-state index contributed by atoms with van der Waals surface area (Å²) in [5, 5.41) is 3.75. The summed E-state index contributed by atoms with van der Waals surface area (Å²) in [5.74, 6) is 2.78. The van der Waals surface area contributed by atoms with Gasteiger partial charge in [0.1, 0.15) is 0 Å². The standard InChI is InChI=1S/C19H27N/c1-3-5-7-14-18(20-4-2)19(15-10-11-16-19)17-12-8-6-9-13-17/h1,6,8-9,12-13,18,20H,4-5,7,10-11,14-16H2,2H3. The molecule has 1 aromatic rings. The van der Waals surface area contributed by atoms with Crippen LogP contribution in [0.3, 0.4) is 0 Å². The van der Waals surface area contributed by atoms with E-state index >= 15 is 0 Å². The molecule has 1 fully saturated rings. The van der Waals surface area contributed by atoms with Gasteiger partial charge in [-0.2, -0.15) is 0 Å². The third-order valence-electron chi connectivity index (χ3n) is 4.78. The zero-order valence-corrected chi connectivity index (χ0v) is 12.7. The van der Waals surface area contributed by atoms with Crippen LogP contribution in [0.15, 0.2) is 30.3 Å². The maximum Gasteiger partial charge on any atom is 0.0164 e. The summed E-state index contributed by atoms with van der Waals surface area (Å²) in [7, 11) is 0. The molecule has 1 aromatic carbocycles. The molecule has 1 aliphatic carbocycles. The number of nitrogens with one attached hydrogen (secondary N) is 1. The molecule has 0 aromatic heterocycles. The molecular formula is C19H27N. The minimum atomic E-state index is 0.325. The van der Waals surface area contributed by atoms with Crippen molar-refractivity contribution in [1.82, 2.24) is 5.32 Å². The first kappa shape index (κ1) is 15.1. The van der Waals surface area contributed by atoms with E-state index in [9.17, 15) is 0 Å². The highest BCUT2D eigenvalue weighted by molar-refractivity contribution is 5.29. The number of benzene rings is 1. The Morgan fingerprint density at radius 3 is 2.55 bits per heavy atom. The maximum atomic E-state index is 5.42. The van der Waals surface area contributed by atoms with Crippen molar-refractivity contribution < 1.29 is 0 Å². The largest absolute Gasteiger partial charge is 0.313 e. The number of likely N-dealkylation sites (N-methyl/N-ethyl adjacent to an activating group) is 1. The van der Waals surface area contributed by atoms with Crippen molar-refractivity contribution in [1.29, 1.82) is 0 Å². The molecule has 0 aliphatic heterocycles. The summed E-state index contributed by atoms with van der Waals surface area (Å²) in [6, 6.07) is 11.7. The van der Waals surface area contributed by atoms with Gasteiger partial charge in [-0.3, -0.25) is 0 Å². The average Bonchev–Trinajstić information content (AvgIpc) is 2.98. The fourth-order valence-electron chi connectivity index (χ4n) is 3.84. The van der Waals surface area contributed by atoms with Crippen LogP contribution in [-0.2, 0) is 5.41 Å². The van der Waals surface area contributed by atoms with Crippen LogP contribution >= 0.6 is 0 Å². The van der Waals surface area contributed by atoms with Gasteiger partial charge in [0, 0.05) is 17.9 Å². The van der Waals surface area contributed by atoms with Crippen LogP contribution in [0.5, 0.6) is 0 Å². The molecule has 0 amide bonds. The van der Waals surface area contributed by atoms with Crippen LogP contribution in [-0.4, -0.2) is 12.6 Å². The summed E-state index contributed by atoms with van der Waals surface area (Å²) >= 11 is 0. The van der Waals surface area contributed by atoms with Gasteiger partial charge in [0.05, 0.1) is 0 Å². The Labute approximate surface area is 124 Å². The van der Waals surface area contributed by atoms with Crippen molar-refractivity contribution in [3.63, 3.8) is 0 Å². The van der Waals surface area contributed by atoms with E-state index in [4.69, 9.17) is 6.42 Å². The second-order valence-electron chi connectivity index (χ2n) is 5.94. The topological polar surface area (TPSA) is 12.0 Å². The molecule has 1 saturated carbocycles. The Bertz CT molecular complexity index is 423. The molecule has 2 rings (SSSR count). The van der Waals surface area contributed by atoms with Crippen molar-refractivity contribution in [2.24, 2.45) is 0 Å². The second-order valence-corrected chi connectivity index (χ2v) is 5.94. The SMILES string of the molecule is C#CCCCC(NCC)C1(c2ccccc2)CCCC1. The number of rotatable bonds is 7. The van der Waals surface area contributed by atoms with E-state index in [-0.39, 0.29) is 0 Å². The molecule has 1 heteroatoms. The third kappa shape index (κ3) is 3.25. The lowest BCUT2D eigenvalue weighted by Crippen LogP contribution is -2.47. The molecule has 1 atom stereocenters. The molecule has 0 bridgehead atoms. The van der Waals surface area contributed by atoms with Gasteiger partial charge < -0.3 is 5.32 Å². The van der Waals surface area contributed by atoms with E-state index in [2.05, 4.69) is 48.5 Å². The van der Waals surface area contributed by atoms with Gasteiger partial charge in [-0.25, -0.2) is 0 Å². The summed E-state index contributed by atoms with van der Waals surface area (Å²) < 4.78 is 0. The Morgan fingerprint density at radius 1 is 1.25 bits per heavy atom. The Balaban J connectivity index is 2.22. The zero-order chi connectivity index (χ0) is 14.3. The molecule has 0 saturated heterocycles. The smallest absolute Gasteiger partial charge is 0.0164 e. The number of unbranched alkanes of at least 4 members (excludes halogenated alkanes) is 1. The highest BCUT2D eigenvalue weighted by Crippen LogP contribution is 2.45. The molecule has 1 nitrogen and oxygen atoms in total. The van der Waals surface area contributed by atoms with Gasteiger partial charge >= 0.3 is 0 Å². The van der Waals surface area contributed by atoms with Crippen molar-refractivity contribution in [3.8, 4) is 12.3 Å². The van der Waals surface area contributed by atoms with E-state index in [1.165, 1.54) is 37.7 Å². The first-order chi connectivity index (χ1) is 9.83. The van der Waals surface area contributed by atoms with Crippen LogP contribution in [0.1, 0.15) is 57.4 Å². The second kappa shape index (κ2) is 7.50. The van der Waals surface area contributed by atoms with Gasteiger partial charge in [-0.1, -0.05) is 50.1 Å². The Hall–Kier alpha value is -1.26. The Kier molecular flexibility index (Phi) is 5.68. The predicted molar refractivity (Wildman–Crippen MR) is 86.7 cm³/mol. The van der Waals surface area contributed by atoms with E-state index < -0.39 is 0 Å². The fourth-order valence-corrected chi connectivity index (χ4v) is 3.84. The van der Waals surface area contributed by atoms with Crippen molar-refractivity contribution >= 4 is 0 Å². The fraction of sp³-hybridized carbons (Fsp3) is 0.579. The minimum Gasteiger partial charge on any atom is -0.313 e. The van der Waals surface area contributed by atoms with Crippen LogP contribution in [0, 0.1) is 12.3 Å². The third-order valence-corrected chi connectivity index (χ3v) is 4.78. The van der Waals surface area contributed by atoms with Gasteiger partial charge in [0.25, 0.3) is 0 Å². The molecule has 1 N–H and O–H groups in total. The number of hydrogen-bond acceptors (Lipinski definition) is 1. The summed E-state index contributed by atoms with van der Waals surface area (Å²) in [6.07, 6.45) is 14.0. The molecule has 0 radical (unpaired) electrons. The number of terminal acetylenes is 1. The van der Waals surface area contributed by atoms with E-state index in [1.54, 1.807) is 0 Å². The highest BCUT2D eigenvalue weighted by atomic mass is 14.9. The van der Waals surface area contributed by atoms with Crippen LogP contribution in [0.25, 0.3) is 0 Å². The molecule has 108 valence electrons. The van der Waals surface area contributed by atoms with Crippen molar-refractivity contribution in [2.75, 3.05) is 6.54 Å². The molecule has 1 aliphatic rings. The van der Waals surface area contributed by atoms with Crippen LogP contribution < -0.4 is 5.32 Å². The summed E-state index contributed by atoms with van der Waals surface area (Å²) in [6.45, 7) is 3.25. The zero-order valence-electron chi connectivity index (χ0n) is 12.7. The van der Waals surface area contributed by atoms with Crippen LogP contribution in [0.4, 0.5) is 0 Å². The van der Waals surface area contributed by atoms with Gasteiger partial charge in [0.15, 0.2) is 0 Å². The monoisotopic (exact) mass is 269 g/mol. The summed E-state index contributed by atoms with van der Waals surface area (Å²) in [4.78, 5) is 0. The van der Waals surface area contributed by atoms with E-state index in [0.717, 1.165) is 19.4 Å². The lowest BCUT2D eigenvalue weighted by atomic mass is 9.71. The van der Waals surface area contributed by atoms with E-state index in [0.29, 0.717) is 11.5 Å². The quantitative estimate of drug-likeness (QED) is 0.575. The molecular weight excluding hydrogens is 242 g/mol. The first-order valence-corrected chi connectivity index (χ1v) is 8.06. The van der Waals surface area contributed by atoms with Crippen molar-refractivity contribution in [3.05, 3.63) is 35.9 Å². The predicted octanol–water partition coefficient (Wildman–Crippen LogP) is 4.28. The lowest BCUT2D eigenvalue weighted by molar-refractivity contribution is 0.281. The first-order valence-electron chi connectivity index (χ1n) is 8.06. The van der Waals surface area contributed by atoms with Gasteiger partial charge in [-0.15, -0.1) is 12.3 Å². The highest BCUT2D eigenvalue weighted by Gasteiger charge is 2.41. The molecule has 0 heterocycles. The Morgan fingerprint density at radius 2 is 1.95 bits per heavy atom. The lowest BCUT2D eigenvalue weighted by Gasteiger charge is -2.39. The molecule has 1 unspecified atom stereocenters. The molecule has 20 heavy (non-hydrogen) atoms. The normalized spacial score (nSPS) is 18.6. The number of hydrogen-bond donors (Lipinski definition) is 1. The van der Waals surface area contributed by atoms with Crippen LogP contribution in [0.2, 0.25) is 0 Å². The minimum absolute atomic E-state index is 0.325. The average molecular weight is 269 g/mol. The van der Waals surface area contributed by atoms with Gasteiger partial charge in [0.2, 0.25) is 0 Å². The van der Waals surface area contributed by atoms with E-state index in [1.807, 2.05) is 0 Å². The maximum absolute atomic E-state index is 5.42. The van der Waals surface area contributed by atoms with Gasteiger partial charge in [-0.05, 0) is 37.8 Å². The summed E-state index contributed by atoms with van der Waals surface area (Å²) in [5.41, 5.74) is 1.84.